The number of amides is 1. The van der Waals surface area contributed by atoms with Crippen LogP contribution in [0.2, 0.25) is 0 Å². The molecule has 1 unspecified atom stereocenters. The summed E-state index contributed by atoms with van der Waals surface area (Å²) in [4.78, 5) is 25.7. The summed E-state index contributed by atoms with van der Waals surface area (Å²) >= 11 is 0. The number of hydrogen-bond acceptors (Lipinski definition) is 4. The number of carbonyl (C=O) groups is 2. The van der Waals surface area contributed by atoms with Gasteiger partial charge in [-0.05, 0) is 37.8 Å². The minimum atomic E-state index is -1.25. The van der Waals surface area contributed by atoms with E-state index in [1.54, 1.807) is 11.8 Å². The minimum Gasteiger partial charge on any atom is -0.464 e. The molecule has 1 amide bonds. The van der Waals surface area contributed by atoms with Crippen LogP contribution in [0.4, 0.5) is 5.69 Å². The molecule has 1 atom stereocenters. The lowest BCUT2D eigenvalue weighted by Gasteiger charge is -2.25. The molecule has 1 aromatic rings. The molecule has 0 radical (unpaired) electrons. The Balaban J connectivity index is 2.23. The fourth-order valence-corrected chi connectivity index (χ4v) is 2.42. The molecule has 0 fully saturated rings. The third-order valence-electron chi connectivity index (χ3n) is 3.43. The Labute approximate surface area is 118 Å². The van der Waals surface area contributed by atoms with Gasteiger partial charge in [0.2, 0.25) is 0 Å². The predicted octanol–water partition coefficient (Wildman–Crippen LogP) is 1.25. The van der Waals surface area contributed by atoms with E-state index in [2.05, 4.69) is 0 Å². The Bertz CT molecular complexity index is 502. The van der Waals surface area contributed by atoms with Crippen LogP contribution in [0.1, 0.15) is 25.3 Å². The summed E-state index contributed by atoms with van der Waals surface area (Å²) in [6.07, 6.45) is 2.86. The zero-order valence-corrected chi connectivity index (χ0v) is 11.7. The first-order valence-corrected chi connectivity index (χ1v) is 6.96. The van der Waals surface area contributed by atoms with E-state index < -0.39 is 17.9 Å². The molecule has 2 rings (SSSR count). The van der Waals surface area contributed by atoms with Gasteiger partial charge in [0.05, 0.1) is 6.61 Å². The summed E-state index contributed by atoms with van der Waals surface area (Å²) in [6.45, 7) is 2.50. The number of anilines is 1. The Morgan fingerprint density at radius 3 is 2.85 bits per heavy atom. The van der Waals surface area contributed by atoms with Crippen LogP contribution in [0.5, 0.6) is 0 Å². The van der Waals surface area contributed by atoms with Gasteiger partial charge in [0, 0.05) is 12.2 Å². The molecule has 2 N–H and O–H groups in total. The molecule has 0 saturated carbocycles. The quantitative estimate of drug-likeness (QED) is 0.666. The van der Waals surface area contributed by atoms with E-state index in [4.69, 9.17) is 10.5 Å². The highest BCUT2D eigenvalue weighted by molar-refractivity contribution is 6.09. The molecule has 20 heavy (non-hydrogen) atoms. The second kappa shape index (κ2) is 6.52. The first-order chi connectivity index (χ1) is 9.65. The molecule has 1 heterocycles. The van der Waals surface area contributed by atoms with Crippen molar-refractivity contribution >= 4 is 17.6 Å². The smallest absolute Gasteiger partial charge is 0.332 e. The molecule has 1 aliphatic heterocycles. The Hall–Kier alpha value is -1.88. The van der Waals surface area contributed by atoms with Crippen molar-refractivity contribution in [3.8, 4) is 0 Å². The van der Waals surface area contributed by atoms with E-state index in [9.17, 15) is 9.59 Å². The normalized spacial score (nSPS) is 16.0. The molecule has 108 valence electrons. The van der Waals surface area contributed by atoms with Gasteiger partial charge >= 0.3 is 5.97 Å². The molecular formula is C15H20N2O3. The average molecular weight is 276 g/mol. The lowest BCUT2D eigenvalue weighted by Crippen LogP contribution is -2.49. The van der Waals surface area contributed by atoms with Crippen molar-refractivity contribution in [2.75, 3.05) is 18.1 Å². The highest BCUT2D eigenvalue weighted by atomic mass is 16.5. The van der Waals surface area contributed by atoms with Gasteiger partial charge in [0.25, 0.3) is 5.91 Å². The monoisotopic (exact) mass is 276 g/mol. The van der Waals surface area contributed by atoms with Crippen molar-refractivity contribution in [3.05, 3.63) is 29.8 Å². The van der Waals surface area contributed by atoms with Gasteiger partial charge in [-0.25, -0.2) is 4.79 Å². The number of nitrogens with two attached hydrogens (primary N) is 1. The van der Waals surface area contributed by atoms with Crippen LogP contribution < -0.4 is 10.6 Å². The maximum Gasteiger partial charge on any atom is 0.332 e. The summed E-state index contributed by atoms with van der Waals surface area (Å²) in [7, 11) is 0. The summed E-state index contributed by atoms with van der Waals surface area (Å²) < 4.78 is 4.82. The third kappa shape index (κ3) is 2.99. The average Bonchev–Trinajstić information content (AvgIpc) is 2.68. The fraction of sp³-hybridized carbons (Fsp3) is 0.467. The molecule has 5 nitrogen and oxygen atoms in total. The van der Waals surface area contributed by atoms with Crippen LogP contribution >= 0.6 is 0 Å². The molecule has 0 spiro atoms. The number of esters is 1. The zero-order chi connectivity index (χ0) is 14.5. The Morgan fingerprint density at radius 2 is 2.10 bits per heavy atom. The van der Waals surface area contributed by atoms with Crippen LogP contribution in [0, 0.1) is 0 Å². The summed E-state index contributed by atoms with van der Waals surface area (Å²) in [5, 5.41) is 0. The van der Waals surface area contributed by atoms with Gasteiger partial charge in [-0.15, -0.1) is 0 Å². The summed E-state index contributed by atoms with van der Waals surface area (Å²) in [6, 6.07) is 6.51. The van der Waals surface area contributed by atoms with Crippen molar-refractivity contribution in [2.45, 2.75) is 32.2 Å². The molecule has 0 saturated heterocycles. The van der Waals surface area contributed by atoms with Crippen molar-refractivity contribution in [3.63, 3.8) is 0 Å². The maximum atomic E-state index is 12.4. The molecule has 0 aliphatic carbocycles. The number of rotatable bonds is 3. The summed E-state index contributed by atoms with van der Waals surface area (Å²) in [5.41, 5.74) is 7.70. The Kier molecular flexibility index (Phi) is 4.74. The van der Waals surface area contributed by atoms with Crippen LogP contribution in [-0.4, -0.2) is 31.1 Å². The van der Waals surface area contributed by atoms with Gasteiger partial charge in [0.1, 0.15) is 0 Å². The van der Waals surface area contributed by atoms with Crippen molar-refractivity contribution in [1.82, 2.24) is 0 Å². The standard InChI is InChI=1S/C15H20N2O3/c1-2-20-15(19)13(16)14(18)17-10-6-5-8-11-7-3-4-9-12(11)17/h3-4,7,9,13H,2,5-6,8,10,16H2,1H3. The molecular weight excluding hydrogens is 256 g/mol. The Morgan fingerprint density at radius 1 is 1.35 bits per heavy atom. The molecule has 0 aromatic heterocycles. The largest absolute Gasteiger partial charge is 0.464 e. The molecule has 1 aromatic carbocycles. The van der Waals surface area contributed by atoms with Gasteiger partial charge in [-0.1, -0.05) is 18.2 Å². The highest BCUT2D eigenvalue weighted by Crippen LogP contribution is 2.26. The first kappa shape index (κ1) is 14.5. The molecule has 5 heteroatoms. The van der Waals surface area contributed by atoms with Crippen molar-refractivity contribution in [2.24, 2.45) is 5.73 Å². The lowest BCUT2D eigenvalue weighted by atomic mass is 10.1. The van der Waals surface area contributed by atoms with Crippen LogP contribution in [0.25, 0.3) is 0 Å². The van der Waals surface area contributed by atoms with Gasteiger partial charge in [-0.3, -0.25) is 4.79 Å². The van der Waals surface area contributed by atoms with Crippen molar-refractivity contribution in [1.29, 1.82) is 0 Å². The maximum absolute atomic E-state index is 12.4. The number of hydrogen-bond donors (Lipinski definition) is 1. The van der Waals surface area contributed by atoms with E-state index in [0.29, 0.717) is 6.54 Å². The number of carbonyl (C=O) groups excluding carboxylic acids is 2. The van der Waals surface area contributed by atoms with Crippen LogP contribution in [0.15, 0.2) is 24.3 Å². The number of nitrogens with zero attached hydrogens (tertiary/aromatic N) is 1. The fourth-order valence-electron chi connectivity index (χ4n) is 2.42. The van der Waals surface area contributed by atoms with E-state index >= 15 is 0 Å². The molecule has 0 bridgehead atoms. The van der Waals surface area contributed by atoms with E-state index in [0.717, 1.165) is 30.5 Å². The van der Waals surface area contributed by atoms with Crippen LogP contribution in [0.3, 0.4) is 0 Å². The number of benzene rings is 1. The molecule has 1 aliphatic rings. The van der Waals surface area contributed by atoms with E-state index in [-0.39, 0.29) is 6.61 Å². The second-order valence-corrected chi connectivity index (χ2v) is 4.81. The van der Waals surface area contributed by atoms with E-state index in [1.165, 1.54) is 0 Å². The number of ether oxygens (including phenoxy) is 1. The third-order valence-corrected chi connectivity index (χ3v) is 3.43. The highest BCUT2D eigenvalue weighted by Gasteiger charge is 2.30. The predicted molar refractivity (Wildman–Crippen MR) is 76.3 cm³/mol. The lowest BCUT2D eigenvalue weighted by molar-refractivity contribution is -0.147. The topological polar surface area (TPSA) is 72.6 Å². The minimum absolute atomic E-state index is 0.219. The van der Waals surface area contributed by atoms with Crippen LogP contribution in [-0.2, 0) is 20.7 Å². The number of fused-ring (bicyclic) bond motifs is 1. The zero-order valence-electron chi connectivity index (χ0n) is 11.7. The number of para-hydroxylation sites is 1. The van der Waals surface area contributed by atoms with E-state index in [1.807, 2.05) is 24.3 Å². The summed E-state index contributed by atoms with van der Waals surface area (Å²) in [5.74, 6) is -1.06. The van der Waals surface area contributed by atoms with Gasteiger partial charge < -0.3 is 15.4 Å². The van der Waals surface area contributed by atoms with Gasteiger partial charge in [-0.2, -0.15) is 0 Å². The SMILES string of the molecule is CCOC(=O)C(N)C(=O)N1CCCCc2ccccc21. The van der Waals surface area contributed by atoms with Crippen molar-refractivity contribution < 1.29 is 14.3 Å². The second-order valence-electron chi connectivity index (χ2n) is 4.81. The first-order valence-electron chi connectivity index (χ1n) is 6.96. The van der Waals surface area contributed by atoms with Gasteiger partial charge in [0.15, 0.2) is 6.04 Å². The number of aryl methyl sites for hydroxylation is 1.